The Balaban J connectivity index is 1.15. The number of rotatable bonds is 10. The summed E-state index contributed by atoms with van der Waals surface area (Å²) in [6, 6.07) is 14.2. The minimum absolute atomic E-state index is 0.0666. The highest BCUT2D eigenvalue weighted by Crippen LogP contribution is 2.32. The van der Waals surface area contributed by atoms with Crippen LogP contribution in [0.25, 0.3) is 28.0 Å². The van der Waals surface area contributed by atoms with E-state index >= 15 is 4.39 Å². The molecule has 45 heavy (non-hydrogen) atoms. The molecule has 9 nitrogen and oxygen atoms in total. The second-order valence-corrected chi connectivity index (χ2v) is 12.8. The number of fused-ring (bicyclic) bond motifs is 1. The van der Waals surface area contributed by atoms with Crippen molar-refractivity contribution in [2.24, 2.45) is 10.7 Å². The Morgan fingerprint density at radius 1 is 1.20 bits per heavy atom. The van der Waals surface area contributed by atoms with Gasteiger partial charge in [-0.05, 0) is 86.9 Å². The van der Waals surface area contributed by atoms with Crippen molar-refractivity contribution < 1.29 is 4.39 Å². The van der Waals surface area contributed by atoms with Gasteiger partial charge >= 0.3 is 5.69 Å². The lowest BCUT2D eigenvalue weighted by molar-refractivity contribution is 0.312. The molecular weight excluding hydrogens is 591 g/mol. The first-order valence-electron chi connectivity index (χ1n) is 16.0. The first kappa shape index (κ1) is 31.4. The van der Waals surface area contributed by atoms with Gasteiger partial charge in [0.05, 0.1) is 29.5 Å². The standard InChI is InChI=1S/C34H42ClFN8O/c1-21(37)4-2-5-22-16-27(32(36)28(35)17-22)30-18-24-20-44(34(45)43-33(24)42-30)26-10-8-23(9-11-26)29-7-3-6-25(41-29)12-13-39-31-19-38-14-15-40-31/h8-11,16-18,20-21,25,29,38,41H,2-7,12-15,19,37H2,1H3,(H,39,40)(H,42,43,45)/t21-,25-,29-/m0/s1. The van der Waals surface area contributed by atoms with E-state index in [0.717, 1.165) is 81.8 Å². The molecule has 1 fully saturated rings. The summed E-state index contributed by atoms with van der Waals surface area (Å²) in [5.41, 5.74) is 9.63. The van der Waals surface area contributed by atoms with Crippen LogP contribution in [0, 0.1) is 5.82 Å². The molecule has 0 aliphatic carbocycles. The number of halogens is 2. The van der Waals surface area contributed by atoms with Gasteiger partial charge in [-0.1, -0.05) is 30.2 Å². The number of aliphatic imine (C=N–C) groups is 1. The lowest BCUT2D eigenvalue weighted by Gasteiger charge is -2.32. The molecule has 4 heterocycles. The number of aromatic amines is 1. The van der Waals surface area contributed by atoms with Crippen LogP contribution >= 0.6 is 11.6 Å². The van der Waals surface area contributed by atoms with Crippen molar-refractivity contribution in [1.29, 1.82) is 0 Å². The maximum Gasteiger partial charge on any atom is 0.354 e. The normalized spacial score (nSPS) is 19.4. The van der Waals surface area contributed by atoms with Crippen LogP contribution in [0.2, 0.25) is 5.02 Å². The molecule has 0 amide bonds. The third-order valence-corrected chi connectivity index (χ3v) is 9.05. The zero-order valence-electron chi connectivity index (χ0n) is 25.7. The summed E-state index contributed by atoms with van der Waals surface area (Å²) in [6.45, 7) is 5.49. The number of hydrogen-bond donors (Lipinski definition) is 5. The molecule has 0 spiro atoms. The summed E-state index contributed by atoms with van der Waals surface area (Å²) < 4.78 is 16.7. The van der Waals surface area contributed by atoms with Crippen molar-refractivity contribution in [3.63, 3.8) is 0 Å². The number of piperidine rings is 1. The smallest absolute Gasteiger partial charge is 0.354 e. The fourth-order valence-corrected chi connectivity index (χ4v) is 6.60. The predicted octanol–water partition coefficient (Wildman–Crippen LogP) is 5.01. The van der Waals surface area contributed by atoms with Gasteiger partial charge in [0.15, 0.2) is 5.82 Å². The Bertz CT molecular complexity index is 1710. The molecule has 3 atom stereocenters. The summed E-state index contributed by atoms with van der Waals surface area (Å²) in [7, 11) is 0. The Morgan fingerprint density at radius 2 is 2.04 bits per heavy atom. The van der Waals surface area contributed by atoms with Gasteiger partial charge < -0.3 is 26.7 Å². The van der Waals surface area contributed by atoms with Crippen molar-refractivity contribution in [3.8, 4) is 16.9 Å². The van der Waals surface area contributed by atoms with E-state index in [4.69, 9.17) is 17.3 Å². The van der Waals surface area contributed by atoms with E-state index in [1.165, 1.54) is 16.6 Å². The predicted molar refractivity (Wildman–Crippen MR) is 180 cm³/mol. The van der Waals surface area contributed by atoms with Crippen LogP contribution in [-0.4, -0.2) is 58.6 Å². The van der Waals surface area contributed by atoms with Crippen LogP contribution in [0.4, 0.5) is 4.39 Å². The first-order valence-corrected chi connectivity index (χ1v) is 16.4. The Hall–Kier alpha value is -3.57. The van der Waals surface area contributed by atoms with E-state index in [-0.39, 0.29) is 17.1 Å². The maximum atomic E-state index is 15.1. The monoisotopic (exact) mass is 632 g/mol. The van der Waals surface area contributed by atoms with E-state index < -0.39 is 11.5 Å². The van der Waals surface area contributed by atoms with Crippen molar-refractivity contribution >= 4 is 28.5 Å². The van der Waals surface area contributed by atoms with Gasteiger partial charge in [-0.15, -0.1) is 0 Å². The summed E-state index contributed by atoms with van der Waals surface area (Å²) in [6.07, 6.45) is 8.71. The molecule has 6 N–H and O–H groups in total. The number of hydrogen-bond acceptors (Lipinski definition) is 7. The molecule has 4 aromatic rings. The average molecular weight is 633 g/mol. The molecule has 2 aromatic carbocycles. The fraction of sp³-hybridized carbons (Fsp3) is 0.441. The highest BCUT2D eigenvalue weighted by atomic mass is 35.5. The highest BCUT2D eigenvalue weighted by Gasteiger charge is 2.22. The Kier molecular flexibility index (Phi) is 9.94. The van der Waals surface area contributed by atoms with Crippen LogP contribution in [0.5, 0.6) is 0 Å². The quantitative estimate of drug-likeness (QED) is 0.167. The zero-order chi connectivity index (χ0) is 31.3. The summed E-state index contributed by atoms with van der Waals surface area (Å²) in [4.78, 5) is 25.0. The van der Waals surface area contributed by atoms with Crippen LogP contribution in [0.3, 0.4) is 0 Å². The van der Waals surface area contributed by atoms with E-state index in [9.17, 15) is 4.79 Å². The molecule has 0 unspecified atom stereocenters. The second kappa shape index (κ2) is 14.2. The van der Waals surface area contributed by atoms with Crippen molar-refractivity contribution in [3.05, 3.63) is 81.1 Å². The van der Waals surface area contributed by atoms with Crippen LogP contribution < -0.4 is 27.4 Å². The number of benzene rings is 2. The van der Waals surface area contributed by atoms with E-state index in [0.29, 0.717) is 28.3 Å². The second-order valence-electron chi connectivity index (χ2n) is 12.3. The van der Waals surface area contributed by atoms with Gasteiger partial charge in [-0.2, -0.15) is 4.98 Å². The van der Waals surface area contributed by atoms with Gasteiger partial charge in [0.25, 0.3) is 0 Å². The summed E-state index contributed by atoms with van der Waals surface area (Å²) in [5, 5.41) is 11.4. The van der Waals surface area contributed by atoms with Gasteiger partial charge in [0, 0.05) is 48.4 Å². The number of nitrogens with zero attached hydrogens (tertiary/aromatic N) is 3. The average Bonchev–Trinajstić information content (AvgIpc) is 3.45. The molecule has 2 aliphatic heterocycles. The first-order chi connectivity index (χ1) is 21.8. The Labute approximate surface area is 267 Å². The molecule has 0 radical (unpaired) electrons. The topological polar surface area (TPSA) is 125 Å². The number of aryl methyl sites for hydroxylation is 1. The van der Waals surface area contributed by atoms with Gasteiger partial charge in [-0.3, -0.25) is 9.56 Å². The van der Waals surface area contributed by atoms with Crippen LogP contribution in [0.15, 0.2) is 58.4 Å². The van der Waals surface area contributed by atoms with Gasteiger partial charge in [0.1, 0.15) is 11.5 Å². The van der Waals surface area contributed by atoms with Crippen molar-refractivity contribution in [2.45, 2.75) is 70.0 Å². The fourth-order valence-electron chi connectivity index (χ4n) is 6.36. The van der Waals surface area contributed by atoms with Crippen molar-refractivity contribution in [1.82, 2.24) is 30.5 Å². The SMILES string of the molecule is C[C@H](N)CCCc1cc(Cl)c(F)c(-c2cc3cn(-c4ccc([C@@H]5CCC[C@@H](CCNC6=NCCNC6)N5)cc4)c(=O)nc3[nH]2)c1. The summed E-state index contributed by atoms with van der Waals surface area (Å²) in [5.74, 6) is 0.549. The number of nitrogens with one attached hydrogen (secondary N) is 4. The van der Waals surface area contributed by atoms with E-state index in [2.05, 4.69) is 43.0 Å². The van der Waals surface area contributed by atoms with Gasteiger partial charge in [0.2, 0.25) is 0 Å². The lowest BCUT2D eigenvalue weighted by atomic mass is 9.92. The molecular formula is C34H42ClFN8O. The van der Waals surface area contributed by atoms with Crippen molar-refractivity contribution in [2.75, 3.05) is 26.2 Å². The zero-order valence-corrected chi connectivity index (χ0v) is 26.5. The minimum Gasteiger partial charge on any atom is -0.373 e. The maximum absolute atomic E-state index is 15.1. The number of aromatic nitrogens is 3. The van der Waals surface area contributed by atoms with E-state index in [1.807, 2.05) is 25.1 Å². The van der Waals surface area contributed by atoms with Crippen LogP contribution in [-0.2, 0) is 6.42 Å². The molecule has 238 valence electrons. The molecule has 0 bridgehead atoms. The third kappa shape index (κ3) is 7.64. The largest absolute Gasteiger partial charge is 0.373 e. The highest BCUT2D eigenvalue weighted by molar-refractivity contribution is 6.31. The van der Waals surface area contributed by atoms with Gasteiger partial charge in [-0.25, -0.2) is 9.18 Å². The van der Waals surface area contributed by atoms with E-state index in [1.54, 1.807) is 18.3 Å². The molecule has 0 saturated carbocycles. The molecule has 2 aliphatic rings. The number of amidine groups is 1. The number of H-pyrrole nitrogens is 1. The summed E-state index contributed by atoms with van der Waals surface area (Å²) >= 11 is 6.27. The lowest BCUT2D eigenvalue weighted by Crippen LogP contribution is -2.42. The molecule has 6 rings (SSSR count). The minimum atomic E-state index is -0.504. The molecule has 2 aromatic heterocycles. The molecule has 1 saturated heterocycles. The van der Waals surface area contributed by atoms with Crippen LogP contribution in [0.1, 0.15) is 62.6 Å². The molecule has 11 heteroatoms. The Morgan fingerprint density at radius 3 is 2.82 bits per heavy atom. The third-order valence-electron chi connectivity index (χ3n) is 8.77. The number of nitrogens with two attached hydrogens (primary N) is 1.